The molecule has 0 aliphatic rings. The second-order valence-electron chi connectivity index (χ2n) is 2.47. The largest absolute Gasteiger partial charge is 0.391 e. The average Bonchev–Trinajstić information content (AvgIpc) is 1.79. The SMILES string of the molecule is C=CNCC(C)CS(=O)(=O)O. The maximum atomic E-state index is 10.3. The molecule has 0 bridgehead atoms. The van der Waals surface area contributed by atoms with Crippen molar-refractivity contribution in [3.05, 3.63) is 12.8 Å². The van der Waals surface area contributed by atoms with Crippen molar-refractivity contribution >= 4 is 10.1 Å². The van der Waals surface area contributed by atoms with E-state index in [4.69, 9.17) is 4.55 Å². The van der Waals surface area contributed by atoms with Gasteiger partial charge in [0.1, 0.15) is 0 Å². The zero-order valence-corrected chi connectivity index (χ0v) is 7.26. The van der Waals surface area contributed by atoms with Gasteiger partial charge in [0, 0.05) is 6.54 Å². The molecule has 0 aliphatic carbocycles. The predicted molar refractivity (Wildman–Crippen MR) is 43.8 cm³/mol. The molecule has 0 aliphatic heterocycles. The molecule has 11 heavy (non-hydrogen) atoms. The normalized spacial score (nSPS) is 14.0. The molecule has 0 amide bonds. The predicted octanol–water partition coefficient (Wildman–Crippen LogP) is 0.243. The fraction of sp³-hybridized carbons (Fsp3) is 0.667. The van der Waals surface area contributed by atoms with E-state index >= 15 is 0 Å². The Kier molecular flexibility index (Phi) is 4.14. The molecule has 5 heteroatoms. The van der Waals surface area contributed by atoms with Crippen molar-refractivity contribution in [1.82, 2.24) is 5.32 Å². The van der Waals surface area contributed by atoms with E-state index in [-0.39, 0.29) is 11.7 Å². The number of hydrogen-bond donors (Lipinski definition) is 2. The van der Waals surface area contributed by atoms with Gasteiger partial charge in [-0.05, 0) is 12.1 Å². The van der Waals surface area contributed by atoms with Crippen LogP contribution in [0.5, 0.6) is 0 Å². The third kappa shape index (κ3) is 7.35. The smallest absolute Gasteiger partial charge is 0.265 e. The lowest BCUT2D eigenvalue weighted by atomic mass is 10.2. The van der Waals surface area contributed by atoms with Crippen LogP contribution in [0.15, 0.2) is 12.8 Å². The lowest BCUT2D eigenvalue weighted by Gasteiger charge is -2.07. The van der Waals surface area contributed by atoms with E-state index in [1.54, 1.807) is 6.92 Å². The van der Waals surface area contributed by atoms with Gasteiger partial charge in [0.05, 0.1) is 5.75 Å². The van der Waals surface area contributed by atoms with Crippen LogP contribution in [-0.2, 0) is 10.1 Å². The van der Waals surface area contributed by atoms with Gasteiger partial charge in [-0.25, -0.2) is 0 Å². The van der Waals surface area contributed by atoms with Crippen LogP contribution < -0.4 is 5.32 Å². The summed E-state index contributed by atoms with van der Waals surface area (Å²) in [5, 5.41) is 2.76. The van der Waals surface area contributed by atoms with E-state index in [1.807, 2.05) is 0 Å². The van der Waals surface area contributed by atoms with Gasteiger partial charge in [-0.1, -0.05) is 13.5 Å². The summed E-state index contributed by atoms with van der Waals surface area (Å²) in [6.07, 6.45) is 1.49. The van der Waals surface area contributed by atoms with E-state index in [0.717, 1.165) is 0 Å². The first-order valence-electron chi connectivity index (χ1n) is 3.25. The second-order valence-corrected chi connectivity index (χ2v) is 3.96. The minimum Gasteiger partial charge on any atom is -0.391 e. The molecule has 0 saturated carbocycles. The van der Waals surface area contributed by atoms with E-state index in [0.29, 0.717) is 6.54 Å². The second kappa shape index (κ2) is 4.35. The summed E-state index contributed by atoms with van der Waals surface area (Å²) >= 11 is 0. The first-order valence-corrected chi connectivity index (χ1v) is 4.86. The van der Waals surface area contributed by atoms with Crippen LogP contribution in [0.1, 0.15) is 6.92 Å². The molecule has 66 valence electrons. The Morgan fingerprint density at radius 1 is 1.73 bits per heavy atom. The first-order chi connectivity index (χ1) is 4.95. The van der Waals surface area contributed by atoms with Crippen molar-refractivity contribution in [3.8, 4) is 0 Å². The van der Waals surface area contributed by atoms with Crippen LogP contribution in [-0.4, -0.2) is 25.3 Å². The molecule has 0 spiro atoms. The Morgan fingerprint density at radius 2 is 2.27 bits per heavy atom. The van der Waals surface area contributed by atoms with Crippen LogP contribution >= 0.6 is 0 Å². The molecule has 0 fully saturated rings. The summed E-state index contributed by atoms with van der Waals surface area (Å²) in [5.41, 5.74) is 0. The highest BCUT2D eigenvalue weighted by atomic mass is 32.2. The molecule has 0 rings (SSSR count). The van der Waals surface area contributed by atoms with Gasteiger partial charge in [0.15, 0.2) is 0 Å². The van der Waals surface area contributed by atoms with Gasteiger partial charge >= 0.3 is 0 Å². The molecule has 1 unspecified atom stereocenters. The summed E-state index contributed by atoms with van der Waals surface area (Å²) in [7, 11) is -3.83. The fourth-order valence-corrected chi connectivity index (χ4v) is 1.54. The molecule has 0 aromatic rings. The van der Waals surface area contributed by atoms with Crippen LogP contribution in [0.2, 0.25) is 0 Å². The van der Waals surface area contributed by atoms with Crippen molar-refractivity contribution < 1.29 is 13.0 Å². The molecule has 0 saturated heterocycles. The summed E-state index contributed by atoms with van der Waals surface area (Å²) < 4.78 is 29.0. The lowest BCUT2D eigenvalue weighted by molar-refractivity contribution is 0.467. The van der Waals surface area contributed by atoms with Crippen molar-refractivity contribution in [3.63, 3.8) is 0 Å². The molecule has 0 heterocycles. The van der Waals surface area contributed by atoms with Gasteiger partial charge < -0.3 is 5.32 Å². The highest BCUT2D eigenvalue weighted by molar-refractivity contribution is 7.85. The molecule has 1 atom stereocenters. The van der Waals surface area contributed by atoms with Crippen LogP contribution in [0, 0.1) is 5.92 Å². The van der Waals surface area contributed by atoms with Gasteiger partial charge in [0.25, 0.3) is 10.1 Å². The van der Waals surface area contributed by atoms with Gasteiger partial charge in [-0.3, -0.25) is 4.55 Å². The number of nitrogens with one attached hydrogen (secondary N) is 1. The van der Waals surface area contributed by atoms with E-state index in [1.165, 1.54) is 6.20 Å². The van der Waals surface area contributed by atoms with Crippen LogP contribution in [0.4, 0.5) is 0 Å². The van der Waals surface area contributed by atoms with Crippen molar-refractivity contribution in [2.75, 3.05) is 12.3 Å². The molecule has 0 aromatic carbocycles. The highest BCUT2D eigenvalue weighted by Crippen LogP contribution is 1.96. The van der Waals surface area contributed by atoms with E-state index in [2.05, 4.69) is 11.9 Å². The number of rotatable bonds is 5. The Morgan fingerprint density at radius 3 is 2.64 bits per heavy atom. The fourth-order valence-electron chi connectivity index (χ4n) is 0.703. The Labute approximate surface area is 67.1 Å². The maximum absolute atomic E-state index is 10.3. The topological polar surface area (TPSA) is 66.4 Å². The third-order valence-corrected chi connectivity index (χ3v) is 2.10. The minimum atomic E-state index is -3.83. The minimum absolute atomic E-state index is 0.108. The molecular formula is C6H13NO3S. The quantitative estimate of drug-likeness (QED) is 0.593. The van der Waals surface area contributed by atoms with Gasteiger partial charge in [0.2, 0.25) is 0 Å². The lowest BCUT2D eigenvalue weighted by Crippen LogP contribution is -2.22. The zero-order chi connectivity index (χ0) is 8.91. The van der Waals surface area contributed by atoms with E-state index < -0.39 is 10.1 Å². The molecule has 2 N–H and O–H groups in total. The monoisotopic (exact) mass is 179 g/mol. The molecule has 0 aromatic heterocycles. The van der Waals surface area contributed by atoms with Crippen molar-refractivity contribution in [2.45, 2.75) is 6.92 Å². The Hall–Kier alpha value is -0.550. The maximum Gasteiger partial charge on any atom is 0.265 e. The average molecular weight is 179 g/mol. The molecule has 4 nitrogen and oxygen atoms in total. The van der Waals surface area contributed by atoms with Crippen molar-refractivity contribution in [2.24, 2.45) is 5.92 Å². The zero-order valence-electron chi connectivity index (χ0n) is 6.45. The summed E-state index contributed by atoms with van der Waals surface area (Å²) in [5.74, 6) is -0.323. The first kappa shape index (κ1) is 10.4. The van der Waals surface area contributed by atoms with Crippen molar-refractivity contribution in [1.29, 1.82) is 0 Å². The van der Waals surface area contributed by atoms with E-state index in [9.17, 15) is 8.42 Å². The standard InChI is InChI=1S/C6H13NO3S/c1-3-7-4-6(2)5-11(8,9)10/h3,6-7H,1,4-5H2,2H3,(H,8,9,10). The van der Waals surface area contributed by atoms with Crippen LogP contribution in [0.3, 0.4) is 0 Å². The molecular weight excluding hydrogens is 166 g/mol. The summed E-state index contributed by atoms with van der Waals surface area (Å²) in [6, 6.07) is 0. The Balaban J connectivity index is 3.69. The van der Waals surface area contributed by atoms with Gasteiger partial charge in [-0.2, -0.15) is 8.42 Å². The summed E-state index contributed by atoms with van der Waals surface area (Å²) in [6.45, 7) is 5.64. The Bertz CT molecular complexity index is 210. The third-order valence-electron chi connectivity index (χ3n) is 1.11. The number of hydrogen-bond acceptors (Lipinski definition) is 3. The highest BCUT2D eigenvalue weighted by Gasteiger charge is 2.10. The summed E-state index contributed by atoms with van der Waals surface area (Å²) in [4.78, 5) is 0. The molecule has 0 radical (unpaired) electrons. The van der Waals surface area contributed by atoms with Crippen LogP contribution in [0.25, 0.3) is 0 Å². The van der Waals surface area contributed by atoms with Gasteiger partial charge in [-0.15, -0.1) is 0 Å².